The van der Waals surface area contributed by atoms with E-state index in [0.717, 1.165) is 10.6 Å². The van der Waals surface area contributed by atoms with E-state index in [1.165, 1.54) is 11.3 Å². The van der Waals surface area contributed by atoms with Crippen LogP contribution in [0.15, 0.2) is 34.1 Å². The second-order valence-electron chi connectivity index (χ2n) is 4.82. The number of amides is 1. The average molecular weight is 330 g/mol. The first-order chi connectivity index (χ1) is 11.1. The number of nitrogens with one attached hydrogen (secondary N) is 1. The van der Waals surface area contributed by atoms with Gasteiger partial charge in [0.15, 0.2) is 6.61 Å². The molecule has 23 heavy (non-hydrogen) atoms. The third kappa shape index (κ3) is 3.92. The Hall–Kier alpha value is -2.74. The van der Waals surface area contributed by atoms with E-state index < -0.39 is 0 Å². The third-order valence-electron chi connectivity index (χ3n) is 2.87. The van der Waals surface area contributed by atoms with Gasteiger partial charge in [0.1, 0.15) is 11.4 Å². The van der Waals surface area contributed by atoms with Crippen LogP contribution in [0, 0.1) is 13.8 Å². The van der Waals surface area contributed by atoms with Crippen molar-refractivity contribution < 1.29 is 13.9 Å². The molecule has 0 spiro atoms. The highest BCUT2D eigenvalue weighted by Gasteiger charge is 2.13. The molecule has 0 atom stereocenters. The first-order valence-electron chi connectivity index (χ1n) is 6.85. The van der Waals surface area contributed by atoms with Crippen LogP contribution in [0.3, 0.4) is 0 Å². The van der Waals surface area contributed by atoms with Gasteiger partial charge in [-0.05, 0) is 31.5 Å². The van der Waals surface area contributed by atoms with Gasteiger partial charge < -0.3 is 9.15 Å². The number of aryl methyl sites for hydroxylation is 2. The van der Waals surface area contributed by atoms with Crippen LogP contribution in [0.1, 0.15) is 10.6 Å². The minimum atomic E-state index is -0.379. The van der Waals surface area contributed by atoms with Crippen LogP contribution in [0.4, 0.5) is 6.01 Å². The highest BCUT2D eigenvalue weighted by molar-refractivity contribution is 7.09. The second kappa shape index (κ2) is 6.57. The number of carbonyl (C=O) groups is 1. The van der Waals surface area contributed by atoms with Gasteiger partial charge in [0.2, 0.25) is 0 Å². The number of aromatic nitrogens is 3. The molecule has 0 bridgehead atoms. The summed E-state index contributed by atoms with van der Waals surface area (Å²) in [6.07, 6.45) is 0. The lowest BCUT2D eigenvalue weighted by molar-refractivity contribution is -0.118. The summed E-state index contributed by atoms with van der Waals surface area (Å²) in [5, 5.41) is 12.8. The maximum Gasteiger partial charge on any atom is 0.322 e. The van der Waals surface area contributed by atoms with Gasteiger partial charge in [0.05, 0.1) is 5.01 Å². The number of nitrogens with zero attached hydrogens (tertiary/aromatic N) is 3. The van der Waals surface area contributed by atoms with Gasteiger partial charge in [0, 0.05) is 5.38 Å². The van der Waals surface area contributed by atoms with Crippen molar-refractivity contribution in [3.05, 3.63) is 40.2 Å². The van der Waals surface area contributed by atoms with Crippen molar-refractivity contribution in [3.63, 3.8) is 0 Å². The Morgan fingerprint density at radius 2 is 2.22 bits per heavy atom. The van der Waals surface area contributed by atoms with Crippen LogP contribution in [0.25, 0.3) is 11.6 Å². The molecule has 2 heterocycles. The number of hydrogen-bond donors (Lipinski definition) is 1. The lowest BCUT2D eigenvalue weighted by Gasteiger charge is -2.05. The molecule has 1 N–H and O–H groups in total. The summed E-state index contributed by atoms with van der Waals surface area (Å²) >= 11 is 1.48. The lowest BCUT2D eigenvalue weighted by Crippen LogP contribution is -2.20. The molecule has 0 radical (unpaired) electrons. The Labute approximate surface area is 136 Å². The number of hydrogen-bond acceptors (Lipinski definition) is 7. The van der Waals surface area contributed by atoms with E-state index in [0.29, 0.717) is 11.4 Å². The standard InChI is InChI=1S/C15H14N4O3S/c1-9-4-3-5-11(6-9)21-7-13(20)17-15-19-18-14(22-15)12-8-23-10(2)16-12/h3-6,8H,7H2,1-2H3,(H,17,19,20). The zero-order chi connectivity index (χ0) is 16.2. The molecule has 0 fully saturated rings. The van der Waals surface area contributed by atoms with Gasteiger partial charge in [-0.25, -0.2) is 4.98 Å². The van der Waals surface area contributed by atoms with Gasteiger partial charge in [-0.15, -0.1) is 16.4 Å². The second-order valence-corrected chi connectivity index (χ2v) is 5.88. The normalized spacial score (nSPS) is 10.5. The largest absolute Gasteiger partial charge is 0.484 e. The molecule has 8 heteroatoms. The van der Waals surface area contributed by atoms with Gasteiger partial charge >= 0.3 is 6.01 Å². The van der Waals surface area contributed by atoms with E-state index in [4.69, 9.17) is 9.15 Å². The fourth-order valence-electron chi connectivity index (χ4n) is 1.85. The maximum absolute atomic E-state index is 11.8. The minimum Gasteiger partial charge on any atom is -0.484 e. The molecule has 0 aliphatic carbocycles. The molecule has 1 aromatic carbocycles. The summed E-state index contributed by atoms with van der Waals surface area (Å²) < 4.78 is 10.8. The zero-order valence-corrected chi connectivity index (χ0v) is 13.4. The predicted molar refractivity (Wildman–Crippen MR) is 85.4 cm³/mol. The first kappa shape index (κ1) is 15.2. The molecular formula is C15H14N4O3S. The Morgan fingerprint density at radius 3 is 2.96 bits per heavy atom. The molecule has 0 saturated carbocycles. The quantitative estimate of drug-likeness (QED) is 0.773. The Bertz CT molecular complexity index is 828. The summed E-state index contributed by atoms with van der Waals surface area (Å²) in [4.78, 5) is 16.1. The molecule has 0 aliphatic heterocycles. The number of rotatable bonds is 5. The maximum atomic E-state index is 11.8. The molecule has 3 aromatic rings. The zero-order valence-electron chi connectivity index (χ0n) is 12.6. The van der Waals surface area contributed by atoms with Crippen molar-refractivity contribution in [2.45, 2.75) is 13.8 Å². The van der Waals surface area contributed by atoms with E-state index in [2.05, 4.69) is 20.5 Å². The van der Waals surface area contributed by atoms with Crippen molar-refractivity contribution in [3.8, 4) is 17.3 Å². The number of benzene rings is 1. The topological polar surface area (TPSA) is 90.1 Å². The van der Waals surface area contributed by atoms with Crippen molar-refractivity contribution in [1.29, 1.82) is 0 Å². The van der Waals surface area contributed by atoms with Gasteiger partial charge in [0.25, 0.3) is 11.8 Å². The minimum absolute atomic E-state index is 0.0171. The fraction of sp³-hybridized carbons (Fsp3) is 0.200. The summed E-state index contributed by atoms with van der Waals surface area (Å²) in [6.45, 7) is 3.69. The Balaban J connectivity index is 1.57. The monoisotopic (exact) mass is 330 g/mol. The number of carbonyl (C=O) groups excluding carboxylic acids is 1. The lowest BCUT2D eigenvalue weighted by atomic mass is 10.2. The molecule has 0 saturated heterocycles. The molecule has 3 rings (SSSR count). The number of ether oxygens (including phenoxy) is 1. The predicted octanol–water partition coefficient (Wildman–Crippen LogP) is 2.83. The fourth-order valence-corrected chi connectivity index (χ4v) is 2.44. The molecule has 0 unspecified atom stereocenters. The summed E-state index contributed by atoms with van der Waals surface area (Å²) in [7, 11) is 0. The van der Waals surface area contributed by atoms with Crippen LogP contribution in [-0.2, 0) is 4.79 Å². The van der Waals surface area contributed by atoms with E-state index in [9.17, 15) is 4.79 Å². The highest BCUT2D eigenvalue weighted by atomic mass is 32.1. The molecular weight excluding hydrogens is 316 g/mol. The van der Waals surface area contributed by atoms with Crippen molar-refractivity contribution in [2.75, 3.05) is 11.9 Å². The van der Waals surface area contributed by atoms with Crippen molar-refractivity contribution in [2.24, 2.45) is 0 Å². The van der Waals surface area contributed by atoms with E-state index in [1.54, 1.807) is 6.07 Å². The van der Waals surface area contributed by atoms with Gasteiger partial charge in [-0.2, -0.15) is 0 Å². The van der Waals surface area contributed by atoms with Gasteiger partial charge in [-0.1, -0.05) is 17.2 Å². The summed E-state index contributed by atoms with van der Waals surface area (Å²) in [5.74, 6) is 0.518. The Morgan fingerprint density at radius 1 is 1.35 bits per heavy atom. The highest BCUT2D eigenvalue weighted by Crippen LogP contribution is 2.21. The van der Waals surface area contributed by atoms with Gasteiger partial charge in [-0.3, -0.25) is 10.1 Å². The Kier molecular flexibility index (Phi) is 4.33. The van der Waals surface area contributed by atoms with Crippen molar-refractivity contribution in [1.82, 2.24) is 15.2 Å². The first-order valence-corrected chi connectivity index (χ1v) is 7.73. The van der Waals surface area contributed by atoms with E-state index in [1.807, 2.05) is 37.4 Å². The summed E-state index contributed by atoms with van der Waals surface area (Å²) in [5.41, 5.74) is 1.65. The van der Waals surface area contributed by atoms with Crippen LogP contribution >= 0.6 is 11.3 Å². The average Bonchev–Trinajstić information content (AvgIpc) is 3.14. The van der Waals surface area contributed by atoms with Crippen LogP contribution < -0.4 is 10.1 Å². The summed E-state index contributed by atoms with van der Waals surface area (Å²) in [6, 6.07) is 7.47. The molecule has 0 aliphatic rings. The number of thiazole rings is 1. The number of anilines is 1. The van der Waals surface area contributed by atoms with Crippen LogP contribution in [0.2, 0.25) is 0 Å². The van der Waals surface area contributed by atoms with Crippen molar-refractivity contribution >= 4 is 23.3 Å². The van der Waals surface area contributed by atoms with E-state index >= 15 is 0 Å². The van der Waals surface area contributed by atoms with E-state index in [-0.39, 0.29) is 24.4 Å². The molecule has 2 aromatic heterocycles. The van der Waals surface area contributed by atoms with Crippen LogP contribution in [-0.4, -0.2) is 27.7 Å². The SMILES string of the molecule is Cc1cccc(OCC(=O)Nc2nnc(-c3csc(C)n3)o2)c1. The molecule has 1 amide bonds. The smallest absolute Gasteiger partial charge is 0.322 e. The molecule has 7 nitrogen and oxygen atoms in total. The molecule has 118 valence electrons. The van der Waals surface area contributed by atoms with Crippen LogP contribution in [0.5, 0.6) is 5.75 Å². The third-order valence-corrected chi connectivity index (χ3v) is 3.64.